The molecule has 0 N–H and O–H groups in total. The molecule has 2 heterocycles. The zero-order chi connectivity index (χ0) is 22.8. The second-order valence-corrected chi connectivity index (χ2v) is 9.01. The molecule has 1 aliphatic heterocycles. The number of carbonyl (C=O) groups excluding carboxylic acids is 1. The van der Waals surface area contributed by atoms with Gasteiger partial charge >= 0.3 is 0 Å². The lowest BCUT2D eigenvalue weighted by molar-refractivity contribution is 0.0726. The van der Waals surface area contributed by atoms with Crippen LogP contribution in [0.15, 0.2) is 54.6 Å². The van der Waals surface area contributed by atoms with E-state index in [0.717, 1.165) is 68.0 Å². The third-order valence-corrected chi connectivity index (χ3v) is 6.66. The summed E-state index contributed by atoms with van der Waals surface area (Å²) in [5.74, 6) is 0.907. The van der Waals surface area contributed by atoms with Gasteiger partial charge in [-0.3, -0.25) is 9.69 Å². The fourth-order valence-electron chi connectivity index (χ4n) is 4.84. The highest BCUT2D eigenvalue weighted by atomic mass is 16.5. The number of fused-ring (bicyclic) bond motifs is 1. The summed E-state index contributed by atoms with van der Waals surface area (Å²) in [5, 5.41) is 5.11. The lowest BCUT2D eigenvalue weighted by Crippen LogP contribution is -2.34. The first-order chi connectivity index (χ1) is 16.2. The number of rotatable bonds is 8. The number of para-hydroxylation sites is 2. The zero-order valence-electron chi connectivity index (χ0n) is 19.5. The molecular formula is C27H32N4O2. The second kappa shape index (κ2) is 9.40. The summed E-state index contributed by atoms with van der Waals surface area (Å²) in [6, 6.07) is 18.0. The molecule has 172 valence electrons. The van der Waals surface area contributed by atoms with Crippen molar-refractivity contribution < 1.29 is 9.53 Å². The van der Waals surface area contributed by atoms with Crippen molar-refractivity contribution in [2.45, 2.75) is 51.7 Å². The van der Waals surface area contributed by atoms with E-state index in [9.17, 15) is 4.79 Å². The van der Waals surface area contributed by atoms with Crippen LogP contribution in [0.25, 0.3) is 5.69 Å². The highest BCUT2D eigenvalue weighted by Crippen LogP contribution is 2.34. The van der Waals surface area contributed by atoms with Crippen LogP contribution < -0.4 is 4.74 Å². The maximum absolute atomic E-state index is 13.4. The molecule has 6 nitrogen and oxygen atoms in total. The van der Waals surface area contributed by atoms with Gasteiger partial charge in [0.25, 0.3) is 5.91 Å². The molecule has 0 bridgehead atoms. The average Bonchev–Trinajstić information content (AvgIpc) is 3.64. The SMILES string of the molecule is CCCN1CCc2c(c(CN(C(=O)c3ccccc3)C3CC3)nn2-c2ccccc2OC)C1. The van der Waals surface area contributed by atoms with Crippen LogP contribution in [0.3, 0.4) is 0 Å². The number of ether oxygens (including phenoxy) is 1. The molecule has 1 aliphatic carbocycles. The number of nitrogens with zero attached hydrogens (tertiary/aromatic N) is 4. The van der Waals surface area contributed by atoms with Crippen LogP contribution in [0.2, 0.25) is 0 Å². The van der Waals surface area contributed by atoms with Gasteiger partial charge in [0.2, 0.25) is 0 Å². The largest absolute Gasteiger partial charge is 0.494 e. The van der Waals surface area contributed by atoms with Crippen molar-refractivity contribution in [2.24, 2.45) is 0 Å². The molecule has 5 rings (SSSR count). The summed E-state index contributed by atoms with van der Waals surface area (Å²) in [4.78, 5) is 17.9. The summed E-state index contributed by atoms with van der Waals surface area (Å²) in [7, 11) is 1.70. The van der Waals surface area contributed by atoms with Gasteiger partial charge in [0.05, 0.1) is 25.0 Å². The summed E-state index contributed by atoms with van der Waals surface area (Å²) in [6.45, 7) is 5.75. The Hall–Kier alpha value is -3.12. The van der Waals surface area contributed by atoms with E-state index in [0.29, 0.717) is 12.6 Å². The summed E-state index contributed by atoms with van der Waals surface area (Å²) < 4.78 is 7.71. The van der Waals surface area contributed by atoms with E-state index in [1.54, 1.807) is 7.11 Å². The van der Waals surface area contributed by atoms with Crippen molar-refractivity contribution >= 4 is 5.91 Å². The van der Waals surface area contributed by atoms with E-state index >= 15 is 0 Å². The van der Waals surface area contributed by atoms with E-state index in [1.807, 2.05) is 53.4 Å². The van der Waals surface area contributed by atoms with Crippen LogP contribution >= 0.6 is 0 Å². The summed E-state index contributed by atoms with van der Waals surface area (Å²) >= 11 is 0. The molecule has 0 unspecified atom stereocenters. The molecule has 33 heavy (non-hydrogen) atoms. The highest BCUT2D eigenvalue weighted by molar-refractivity contribution is 5.94. The number of hydrogen-bond acceptors (Lipinski definition) is 4. The van der Waals surface area contributed by atoms with E-state index in [4.69, 9.17) is 9.84 Å². The Kier molecular flexibility index (Phi) is 6.18. The Balaban J connectivity index is 1.53. The van der Waals surface area contributed by atoms with E-state index in [-0.39, 0.29) is 5.91 Å². The van der Waals surface area contributed by atoms with Crippen LogP contribution in [0.4, 0.5) is 0 Å². The van der Waals surface area contributed by atoms with Crippen LogP contribution in [-0.2, 0) is 19.5 Å². The number of carbonyl (C=O) groups is 1. The molecule has 1 fully saturated rings. The first-order valence-corrected chi connectivity index (χ1v) is 12.0. The molecular weight excluding hydrogens is 412 g/mol. The van der Waals surface area contributed by atoms with Gasteiger partial charge in [0, 0.05) is 36.7 Å². The van der Waals surface area contributed by atoms with Gasteiger partial charge in [-0.2, -0.15) is 5.10 Å². The Morgan fingerprint density at radius 3 is 2.61 bits per heavy atom. The minimum atomic E-state index is 0.0971. The van der Waals surface area contributed by atoms with Crippen molar-refractivity contribution in [3.63, 3.8) is 0 Å². The molecule has 1 aromatic heterocycles. The Morgan fingerprint density at radius 2 is 1.88 bits per heavy atom. The van der Waals surface area contributed by atoms with Gasteiger partial charge in [-0.25, -0.2) is 4.68 Å². The van der Waals surface area contributed by atoms with Crippen LogP contribution in [0.5, 0.6) is 5.75 Å². The molecule has 0 saturated heterocycles. The molecule has 3 aromatic rings. The fourth-order valence-corrected chi connectivity index (χ4v) is 4.84. The number of hydrogen-bond donors (Lipinski definition) is 0. The third kappa shape index (κ3) is 4.40. The topological polar surface area (TPSA) is 50.6 Å². The number of benzene rings is 2. The molecule has 1 amide bonds. The first kappa shape index (κ1) is 21.7. The first-order valence-electron chi connectivity index (χ1n) is 12.0. The van der Waals surface area contributed by atoms with E-state index < -0.39 is 0 Å². The van der Waals surface area contributed by atoms with Crippen LogP contribution in [-0.4, -0.2) is 51.7 Å². The zero-order valence-corrected chi connectivity index (χ0v) is 19.5. The number of aromatic nitrogens is 2. The van der Waals surface area contributed by atoms with Crippen molar-refractivity contribution in [3.05, 3.63) is 77.1 Å². The molecule has 2 aromatic carbocycles. The Labute approximate surface area is 195 Å². The minimum Gasteiger partial charge on any atom is -0.494 e. The quantitative estimate of drug-likeness (QED) is 0.515. The predicted molar refractivity (Wildman–Crippen MR) is 129 cm³/mol. The second-order valence-electron chi connectivity index (χ2n) is 9.01. The van der Waals surface area contributed by atoms with Gasteiger partial charge in [-0.15, -0.1) is 0 Å². The molecule has 6 heteroatoms. The van der Waals surface area contributed by atoms with E-state index in [2.05, 4.69) is 22.6 Å². The van der Waals surface area contributed by atoms with Crippen LogP contribution in [0, 0.1) is 0 Å². The monoisotopic (exact) mass is 444 g/mol. The normalized spacial score (nSPS) is 15.8. The maximum atomic E-state index is 13.4. The van der Waals surface area contributed by atoms with Crippen molar-refractivity contribution in [2.75, 3.05) is 20.2 Å². The van der Waals surface area contributed by atoms with Crippen molar-refractivity contribution in [3.8, 4) is 11.4 Å². The third-order valence-electron chi connectivity index (χ3n) is 6.66. The Bertz CT molecular complexity index is 1120. The van der Waals surface area contributed by atoms with Gasteiger partial charge in [-0.05, 0) is 50.1 Å². The lowest BCUT2D eigenvalue weighted by Gasteiger charge is -2.28. The van der Waals surface area contributed by atoms with Gasteiger partial charge < -0.3 is 9.64 Å². The number of amides is 1. The lowest BCUT2D eigenvalue weighted by atomic mass is 10.0. The fraction of sp³-hybridized carbons (Fsp3) is 0.407. The van der Waals surface area contributed by atoms with Crippen molar-refractivity contribution in [1.82, 2.24) is 19.6 Å². The minimum absolute atomic E-state index is 0.0971. The standard InChI is InChI=1S/C27H32N4O2/c1-3-16-29-17-15-24-22(18-29)23(28-31(24)25-11-7-8-12-26(25)33-2)19-30(21-13-14-21)27(32)20-9-5-4-6-10-20/h4-12,21H,3,13-19H2,1-2H3. The average molecular weight is 445 g/mol. The molecule has 1 saturated carbocycles. The van der Waals surface area contributed by atoms with Crippen molar-refractivity contribution in [1.29, 1.82) is 0 Å². The molecule has 0 spiro atoms. The Morgan fingerprint density at radius 1 is 1.12 bits per heavy atom. The number of methoxy groups -OCH3 is 1. The van der Waals surface area contributed by atoms with Crippen LogP contribution in [0.1, 0.15) is 53.5 Å². The van der Waals surface area contributed by atoms with E-state index in [1.165, 1.54) is 11.3 Å². The summed E-state index contributed by atoms with van der Waals surface area (Å²) in [6.07, 6.45) is 4.20. The maximum Gasteiger partial charge on any atom is 0.254 e. The summed E-state index contributed by atoms with van der Waals surface area (Å²) in [5.41, 5.74) is 5.22. The van der Waals surface area contributed by atoms with Gasteiger partial charge in [0.15, 0.2) is 0 Å². The molecule has 2 aliphatic rings. The predicted octanol–water partition coefficient (Wildman–Crippen LogP) is 4.45. The van der Waals surface area contributed by atoms with Gasteiger partial charge in [-0.1, -0.05) is 37.3 Å². The molecule has 0 atom stereocenters. The highest BCUT2D eigenvalue weighted by Gasteiger charge is 2.35. The smallest absolute Gasteiger partial charge is 0.254 e. The molecule has 0 radical (unpaired) electrons. The van der Waals surface area contributed by atoms with Gasteiger partial charge in [0.1, 0.15) is 11.4 Å².